The van der Waals surface area contributed by atoms with Crippen molar-refractivity contribution in [2.24, 2.45) is 0 Å². The second-order valence-electron chi connectivity index (χ2n) is 10.4. The number of carbonyl (C=O) groups is 1. The molecule has 0 N–H and O–H groups in total. The normalized spacial score (nSPS) is 13.7. The minimum atomic E-state index is -0.342. The van der Waals surface area contributed by atoms with Crippen molar-refractivity contribution in [2.45, 2.75) is 33.1 Å². The zero-order chi connectivity index (χ0) is 28.6. The van der Waals surface area contributed by atoms with E-state index in [1.165, 1.54) is 0 Å². The highest BCUT2D eigenvalue weighted by molar-refractivity contribution is 6.02. The molecular formula is C34H37N3O4. The highest BCUT2D eigenvalue weighted by Gasteiger charge is 2.27. The fraction of sp³-hybridized carbons (Fsp3) is 0.294. The topological polar surface area (TPSA) is 64.1 Å². The molecule has 5 rings (SSSR count). The third-order valence-corrected chi connectivity index (χ3v) is 7.11. The maximum atomic E-state index is 13.3. The second-order valence-corrected chi connectivity index (χ2v) is 10.4. The van der Waals surface area contributed by atoms with Gasteiger partial charge in [-0.3, -0.25) is 4.90 Å². The van der Waals surface area contributed by atoms with E-state index >= 15 is 0 Å². The molecule has 0 unspecified atom stereocenters. The van der Waals surface area contributed by atoms with E-state index in [0.717, 1.165) is 66.5 Å². The Hall–Kier alpha value is -4.36. The van der Waals surface area contributed by atoms with E-state index in [1.807, 2.05) is 86.6 Å². The average molecular weight is 552 g/mol. The van der Waals surface area contributed by atoms with Crippen molar-refractivity contribution in [3.8, 4) is 22.6 Å². The lowest BCUT2D eigenvalue weighted by Crippen LogP contribution is -2.46. The van der Waals surface area contributed by atoms with Gasteiger partial charge in [-0.15, -0.1) is 0 Å². The molecule has 1 aromatic heterocycles. The van der Waals surface area contributed by atoms with Crippen LogP contribution < -0.4 is 14.4 Å². The van der Waals surface area contributed by atoms with Crippen LogP contribution in [0.25, 0.3) is 11.1 Å². The number of carbonyl (C=O) groups excluding carboxylic acids is 1. The van der Waals surface area contributed by atoms with Gasteiger partial charge in [0, 0.05) is 44.5 Å². The molecule has 2 heterocycles. The van der Waals surface area contributed by atoms with Crippen LogP contribution in [0.2, 0.25) is 0 Å². The first-order chi connectivity index (χ1) is 20.0. The molecule has 1 fully saturated rings. The molecule has 1 aliphatic heterocycles. The van der Waals surface area contributed by atoms with Crippen LogP contribution in [0.3, 0.4) is 0 Å². The third kappa shape index (κ3) is 7.05. The van der Waals surface area contributed by atoms with E-state index < -0.39 is 0 Å². The van der Waals surface area contributed by atoms with E-state index in [0.29, 0.717) is 18.0 Å². The minimum Gasteiger partial charge on any atom is -0.493 e. The number of anilines is 1. The van der Waals surface area contributed by atoms with Gasteiger partial charge in [0.15, 0.2) is 11.5 Å². The number of hydrogen-bond acceptors (Lipinski definition) is 7. The number of rotatable bonds is 10. The van der Waals surface area contributed by atoms with Gasteiger partial charge in [-0.05, 0) is 48.7 Å². The molecule has 0 spiro atoms. The van der Waals surface area contributed by atoms with Gasteiger partial charge in [0.25, 0.3) is 0 Å². The second kappa shape index (κ2) is 13.3. The molecule has 1 saturated heterocycles. The molecule has 4 aromatic rings. The molecule has 0 amide bonds. The minimum absolute atomic E-state index is 0.219. The summed E-state index contributed by atoms with van der Waals surface area (Å²) in [7, 11) is 1.67. The first kappa shape index (κ1) is 28.2. The van der Waals surface area contributed by atoms with Gasteiger partial charge in [0.2, 0.25) is 0 Å². The summed E-state index contributed by atoms with van der Waals surface area (Å²) in [4.78, 5) is 22.6. The molecule has 0 radical (unpaired) electrons. The number of piperazine rings is 1. The number of aromatic nitrogens is 1. The van der Waals surface area contributed by atoms with E-state index in [2.05, 4.69) is 26.9 Å². The number of benzene rings is 3. The van der Waals surface area contributed by atoms with Crippen LogP contribution in [-0.2, 0) is 17.9 Å². The molecule has 0 aliphatic carbocycles. The zero-order valence-corrected chi connectivity index (χ0v) is 24.0. The van der Waals surface area contributed by atoms with Crippen molar-refractivity contribution in [3.05, 3.63) is 108 Å². The highest BCUT2D eigenvalue weighted by Crippen LogP contribution is 2.32. The van der Waals surface area contributed by atoms with Crippen LogP contribution in [0, 0.1) is 0 Å². The average Bonchev–Trinajstić information content (AvgIpc) is 3.01. The fourth-order valence-electron chi connectivity index (χ4n) is 5.06. The van der Waals surface area contributed by atoms with Crippen molar-refractivity contribution in [1.82, 2.24) is 9.88 Å². The van der Waals surface area contributed by atoms with Crippen molar-refractivity contribution < 1.29 is 19.0 Å². The lowest BCUT2D eigenvalue weighted by Gasteiger charge is -2.36. The summed E-state index contributed by atoms with van der Waals surface area (Å²) in [5.41, 5.74) is 4.60. The third-order valence-electron chi connectivity index (χ3n) is 7.11. The summed E-state index contributed by atoms with van der Waals surface area (Å²) in [5, 5.41) is 0. The van der Waals surface area contributed by atoms with E-state index in [9.17, 15) is 4.79 Å². The van der Waals surface area contributed by atoms with Crippen molar-refractivity contribution in [1.29, 1.82) is 0 Å². The Morgan fingerprint density at radius 3 is 2.24 bits per heavy atom. The van der Waals surface area contributed by atoms with E-state index in [-0.39, 0.29) is 12.1 Å². The maximum Gasteiger partial charge on any atom is 0.342 e. The number of ether oxygens (including phenoxy) is 3. The molecule has 0 saturated carbocycles. The summed E-state index contributed by atoms with van der Waals surface area (Å²) in [5.74, 6) is 1.80. The van der Waals surface area contributed by atoms with Gasteiger partial charge in [0.05, 0.1) is 13.2 Å². The predicted molar refractivity (Wildman–Crippen MR) is 161 cm³/mol. The van der Waals surface area contributed by atoms with Crippen LogP contribution in [0.15, 0.2) is 91.1 Å². The number of esters is 1. The Morgan fingerprint density at radius 2 is 1.56 bits per heavy atom. The quantitative estimate of drug-likeness (QED) is 0.217. The molecule has 1 aliphatic rings. The Kier molecular flexibility index (Phi) is 9.16. The zero-order valence-electron chi connectivity index (χ0n) is 24.0. The van der Waals surface area contributed by atoms with E-state index in [1.54, 1.807) is 13.3 Å². The molecule has 0 atom stereocenters. The predicted octanol–water partition coefficient (Wildman–Crippen LogP) is 6.22. The lowest BCUT2D eigenvalue weighted by atomic mass is 10.00. The maximum absolute atomic E-state index is 13.3. The molecule has 0 bridgehead atoms. The van der Waals surface area contributed by atoms with Crippen molar-refractivity contribution in [2.75, 3.05) is 38.2 Å². The standard InChI is InChI=1S/C34H37N3O4/c1-25(2)41-34(38)32-29(28-12-8-5-9-13-28)16-17-35-33(32)37-20-18-36(19-21-37)23-27-14-15-30(31(22-27)39-3)40-24-26-10-6-4-7-11-26/h4-17,22,25H,18-21,23-24H2,1-3H3. The number of methoxy groups -OCH3 is 1. The Labute approximate surface area is 242 Å². The summed E-state index contributed by atoms with van der Waals surface area (Å²) in [6.07, 6.45) is 1.56. The fourth-order valence-corrected chi connectivity index (χ4v) is 5.06. The Morgan fingerprint density at radius 1 is 0.854 bits per heavy atom. The smallest absolute Gasteiger partial charge is 0.342 e. The summed E-state index contributed by atoms with van der Waals surface area (Å²) < 4.78 is 17.3. The summed E-state index contributed by atoms with van der Waals surface area (Å²) >= 11 is 0. The van der Waals surface area contributed by atoms with Gasteiger partial charge in [0.1, 0.15) is 18.0 Å². The SMILES string of the molecule is COc1cc(CN2CCN(c3nccc(-c4ccccc4)c3C(=O)OC(C)C)CC2)ccc1OCc1ccccc1. The molecule has 7 heteroatoms. The first-order valence-corrected chi connectivity index (χ1v) is 14.1. The lowest BCUT2D eigenvalue weighted by molar-refractivity contribution is 0.0379. The van der Waals surface area contributed by atoms with Gasteiger partial charge >= 0.3 is 5.97 Å². The monoisotopic (exact) mass is 551 g/mol. The number of hydrogen-bond donors (Lipinski definition) is 0. The van der Waals surface area contributed by atoms with E-state index in [4.69, 9.17) is 14.2 Å². The highest BCUT2D eigenvalue weighted by atomic mass is 16.5. The van der Waals surface area contributed by atoms with Gasteiger partial charge in [-0.1, -0.05) is 66.7 Å². The van der Waals surface area contributed by atoms with Gasteiger partial charge in [-0.2, -0.15) is 0 Å². The van der Waals surface area contributed by atoms with Gasteiger partial charge in [-0.25, -0.2) is 9.78 Å². The van der Waals surface area contributed by atoms with Crippen LogP contribution in [-0.4, -0.2) is 55.2 Å². The molecule has 41 heavy (non-hydrogen) atoms. The van der Waals surface area contributed by atoms with Crippen LogP contribution in [0.1, 0.15) is 35.3 Å². The van der Waals surface area contributed by atoms with Crippen LogP contribution in [0.4, 0.5) is 5.82 Å². The number of pyridine rings is 1. The van der Waals surface area contributed by atoms with Crippen molar-refractivity contribution in [3.63, 3.8) is 0 Å². The number of nitrogens with zero attached hydrogens (tertiary/aromatic N) is 3. The summed E-state index contributed by atoms with van der Waals surface area (Å²) in [6.45, 7) is 8.20. The molecule has 212 valence electrons. The van der Waals surface area contributed by atoms with Crippen LogP contribution >= 0.6 is 0 Å². The Balaban J connectivity index is 1.27. The Bertz CT molecular complexity index is 1440. The largest absolute Gasteiger partial charge is 0.493 e. The molecule has 7 nitrogen and oxygen atoms in total. The van der Waals surface area contributed by atoms with Crippen LogP contribution in [0.5, 0.6) is 11.5 Å². The van der Waals surface area contributed by atoms with Crippen molar-refractivity contribution >= 4 is 11.8 Å². The first-order valence-electron chi connectivity index (χ1n) is 14.1. The van der Waals surface area contributed by atoms with Gasteiger partial charge < -0.3 is 19.1 Å². The summed E-state index contributed by atoms with van der Waals surface area (Å²) in [6, 6.07) is 28.1. The molecule has 3 aromatic carbocycles. The molecular weight excluding hydrogens is 514 g/mol.